The molecule has 2 atom stereocenters. The molecule has 0 saturated carbocycles. The van der Waals surface area contributed by atoms with Crippen LogP contribution < -0.4 is 5.73 Å². The second-order valence-corrected chi connectivity index (χ2v) is 7.18. The van der Waals surface area contributed by atoms with Crippen molar-refractivity contribution in [2.24, 2.45) is 5.73 Å². The molecule has 1 fully saturated rings. The largest absolute Gasteiger partial charge is 0.389 e. The van der Waals surface area contributed by atoms with Crippen LogP contribution in [0.2, 0.25) is 0 Å². The molecular weight excluding hydrogens is 228 g/mol. The monoisotopic (exact) mass is 250 g/mol. The molecule has 0 bridgehead atoms. The van der Waals surface area contributed by atoms with Gasteiger partial charge in [0.2, 0.25) is 0 Å². The van der Waals surface area contributed by atoms with Gasteiger partial charge >= 0.3 is 0 Å². The molecule has 1 aliphatic rings. The van der Waals surface area contributed by atoms with Gasteiger partial charge in [-0.05, 0) is 20.3 Å². The molecule has 0 amide bonds. The standard InChI is InChI=1S/C10H22N2O3S/c1-9-7-16(14,15)6-5-12(9)4-3-10(2,13)8-11/h9,13H,3-8,11H2,1-2H3. The third kappa shape index (κ3) is 4.01. The first-order valence-corrected chi connectivity index (χ1v) is 7.45. The Labute approximate surface area is 97.5 Å². The Bertz CT molecular complexity index is 327. The van der Waals surface area contributed by atoms with Crippen LogP contribution in [0.25, 0.3) is 0 Å². The first-order chi connectivity index (χ1) is 7.26. The lowest BCUT2D eigenvalue weighted by molar-refractivity contribution is 0.0442. The van der Waals surface area contributed by atoms with Gasteiger partial charge in [-0.1, -0.05) is 0 Å². The van der Waals surface area contributed by atoms with Crippen LogP contribution in [0, 0.1) is 0 Å². The predicted molar refractivity (Wildman–Crippen MR) is 64.0 cm³/mol. The Morgan fingerprint density at radius 2 is 2.19 bits per heavy atom. The van der Waals surface area contributed by atoms with Gasteiger partial charge in [-0.2, -0.15) is 0 Å². The van der Waals surface area contributed by atoms with E-state index in [4.69, 9.17) is 5.73 Å². The van der Waals surface area contributed by atoms with Crippen molar-refractivity contribution < 1.29 is 13.5 Å². The smallest absolute Gasteiger partial charge is 0.153 e. The number of hydrogen-bond donors (Lipinski definition) is 2. The lowest BCUT2D eigenvalue weighted by atomic mass is 10.0. The molecule has 1 rings (SSSR count). The van der Waals surface area contributed by atoms with Crippen molar-refractivity contribution >= 4 is 9.84 Å². The highest BCUT2D eigenvalue weighted by Crippen LogP contribution is 2.15. The molecule has 0 aromatic carbocycles. The lowest BCUT2D eigenvalue weighted by Crippen LogP contribution is -2.49. The molecule has 0 spiro atoms. The Kier molecular flexibility index (Phi) is 4.34. The van der Waals surface area contributed by atoms with Crippen molar-refractivity contribution in [2.45, 2.75) is 31.9 Å². The highest BCUT2D eigenvalue weighted by Gasteiger charge is 2.29. The van der Waals surface area contributed by atoms with Gasteiger partial charge in [-0.15, -0.1) is 0 Å². The summed E-state index contributed by atoms with van der Waals surface area (Å²) in [5.41, 5.74) is 4.58. The van der Waals surface area contributed by atoms with Crippen LogP contribution in [-0.2, 0) is 9.84 Å². The first kappa shape index (κ1) is 13.9. The summed E-state index contributed by atoms with van der Waals surface area (Å²) in [5, 5.41) is 9.77. The fourth-order valence-electron chi connectivity index (χ4n) is 1.85. The summed E-state index contributed by atoms with van der Waals surface area (Å²) in [6, 6.07) is 0.0346. The second-order valence-electron chi connectivity index (χ2n) is 4.95. The number of aliphatic hydroxyl groups is 1. The highest BCUT2D eigenvalue weighted by molar-refractivity contribution is 7.91. The molecule has 0 radical (unpaired) electrons. The molecule has 0 aromatic rings. The van der Waals surface area contributed by atoms with Gasteiger partial charge in [0, 0.05) is 25.7 Å². The zero-order chi connectivity index (χ0) is 12.4. The lowest BCUT2D eigenvalue weighted by Gasteiger charge is -2.35. The van der Waals surface area contributed by atoms with Gasteiger partial charge in [0.05, 0.1) is 17.1 Å². The Hall–Kier alpha value is -0.170. The summed E-state index contributed by atoms with van der Waals surface area (Å²) in [4.78, 5) is 2.10. The average Bonchev–Trinajstić information content (AvgIpc) is 2.15. The zero-order valence-electron chi connectivity index (χ0n) is 10.0. The Morgan fingerprint density at radius 3 is 2.69 bits per heavy atom. The van der Waals surface area contributed by atoms with Crippen molar-refractivity contribution in [3.05, 3.63) is 0 Å². The number of rotatable bonds is 4. The fourth-order valence-corrected chi connectivity index (χ4v) is 3.48. The van der Waals surface area contributed by atoms with Crippen molar-refractivity contribution in [1.82, 2.24) is 4.90 Å². The maximum absolute atomic E-state index is 11.4. The van der Waals surface area contributed by atoms with Gasteiger partial charge in [0.1, 0.15) is 0 Å². The zero-order valence-corrected chi connectivity index (χ0v) is 10.8. The van der Waals surface area contributed by atoms with E-state index in [2.05, 4.69) is 4.90 Å². The summed E-state index contributed by atoms with van der Waals surface area (Å²) in [6.07, 6.45) is 0.577. The normalized spacial score (nSPS) is 29.9. The van der Waals surface area contributed by atoms with Crippen LogP contribution in [0.5, 0.6) is 0 Å². The van der Waals surface area contributed by atoms with E-state index in [1.54, 1.807) is 6.92 Å². The molecule has 16 heavy (non-hydrogen) atoms. The average molecular weight is 250 g/mol. The minimum absolute atomic E-state index is 0.0346. The summed E-state index contributed by atoms with van der Waals surface area (Å²) in [5.74, 6) is 0.444. The van der Waals surface area contributed by atoms with E-state index < -0.39 is 15.4 Å². The quantitative estimate of drug-likeness (QED) is 0.683. The SMILES string of the molecule is CC1CS(=O)(=O)CCN1CCC(C)(O)CN. The van der Waals surface area contributed by atoms with E-state index in [0.717, 1.165) is 0 Å². The predicted octanol–water partition coefficient (Wildman–Crippen LogP) is -0.795. The van der Waals surface area contributed by atoms with Crippen LogP contribution in [-0.4, -0.2) is 61.2 Å². The van der Waals surface area contributed by atoms with Gasteiger partial charge in [0.15, 0.2) is 9.84 Å². The molecular formula is C10H22N2O3S. The van der Waals surface area contributed by atoms with E-state index in [-0.39, 0.29) is 24.1 Å². The highest BCUT2D eigenvalue weighted by atomic mass is 32.2. The number of nitrogens with two attached hydrogens (primary N) is 1. The maximum Gasteiger partial charge on any atom is 0.153 e. The summed E-state index contributed by atoms with van der Waals surface area (Å²) >= 11 is 0. The molecule has 3 N–H and O–H groups in total. The van der Waals surface area contributed by atoms with Crippen LogP contribution in [0.3, 0.4) is 0 Å². The van der Waals surface area contributed by atoms with E-state index in [1.807, 2.05) is 6.92 Å². The molecule has 6 heteroatoms. The molecule has 0 aromatic heterocycles. The second kappa shape index (κ2) is 5.00. The summed E-state index contributed by atoms with van der Waals surface area (Å²) in [6.45, 7) is 5.10. The third-order valence-corrected chi connectivity index (χ3v) is 4.98. The van der Waals surface area contributed by atoms with Crippen molar-refractivity contribution in [1.29, 1.82) is 0 Å². The maximum atomic E-state index is 11.4. The van der Waals surface area contributed by atoms with Crippen LogP contribution in [0.15, 0.2) is 0 Å². The minimum atomic E-state index is -2.85. The van der Waals surface area contributed by atoms with Crippen LogP contribution in [0.1, 0.15) is 20.3 Å². The molecule has 96 valence electrons. The van der Waals surface area contributed by atoms with Gasteiger partial charge in [0.25, 0.3) is 0 Å². The third-order valence-electron chi connectivity index (χ3n) is 3.19. The Balaban J connectivity index is 2.46. The number of hydrogen-bond acceptors (Lipinski definition) is 5. The fraction of sp³-hybridized carbons (Fsp3) is 1.00. The molecule has 5 nitrogen and oxygen atoms in total. The van der Waals surface area contributed by atoms with Gasteiger partial charge < -0.3 is 10.8 Å². The Morgan fingerprint density at radius 1 is 1.56 bits per heavy atom. The molecule has 1 aliphatic heterocycles. The topological polar surface area (TPSA) is 83.6 Å². The number of sulfone groups is 1. The summed E-state index contributed by atoms with van der Waals surface area (Å²) < 4.78 is 22.7. The van der Waals surface area contributed by atoms with Crippen molar-refractivity contribution in [2.75, 3.05) is 31.1 Å². The van der Waals surface area contributed by atoms with E-state index in [0.29, 0.717) is 19.5 Å². The summed E-state index contributed by atoms with van der Waals surface area (Å²) in [7, 11) is -2.85. The van der Waals surface area contributed by atoms with Crippen LogP contribution >= 0.6 is 0 Å². The van der Waals surface area contributed by atoms with E-state index in [1.165, 1.54) is 0 Å². The van der Waals surface area contributed by atoms with Crippen molar-refractivity contribution in [3.8, 4) is 0 Å². The van der Waals surface area contributed by atoms with Gasteiger partial charge in [-0.25, -0.2) is 8.42 Å². The minimum Gasteiger partial charge on any atom is -0.389 e. The van der Waals surface area contributed by atoms with Gasteiger partial charge in [-0.3, -0.25) is 4.90 Å². The first-order valence-electron chi connectivity index (χ1n) is 5.63. The molecule has 2 unspecified atom stereocenters. The number of nitrogens with zero attached hydrogens (tertiary/aromatic N) is 1. The molecule has 1 saturated heterocycles. The molecule has 0 aliphatic carbocycles. The van der Waals surface area contributed by atoms with E-state index >= 15 is 0 Å². The van der Waals surface area contributed by atoms with E-state index in [9.17, 15) is 13.5 Å². The molecule has 1 heterocycles. The van der Waals surface area contributed by atoms with Crippen molar-refractivity contribution in [3.63, 3.8) is 0 Å². The van der Waals surface area contributed by atoms with Crippen LogP contribution in [0.4, 0.5) is 0 Å².